The summed E-state index contributed by atoms with van der Waals surface area (Å²) in [4.78, 5) is 0. The molecule has 0 radical (unpaired) electrons. The van der Waals surface area contributed by atoms with Crippen molar-refractivity contribution < 1.29 is 0 Å². The van der Waals surface area contributed by atoms with Crippen molar-refractivity contribution in [1.82, 2.24) is 0 Å². The van der Waals surface area contributed by atoms with Gasteiger partial charge in [0.2, 0.25) is 0 Å². The summed E-state index contributed by atoms with van der Waals surface area (Å²) < 4.78 is 0. The minimum absolute atomic E-state index is 0.360. The number of rotatable bonds is 11. The second-order valence-corrected chi connectivity index (χ2v) is 6.74. The monoisotopic (exact) mass is 252 g/mol. The number of unbranched alkanes of at least 4 members (excludes halogenated alkanes) is 10. The molecule has 0 aliphatic carbocycles. The Labute approximate surface area is 116 Å². The molecule has 0 atom stereocenters. The van der Waals surface area contributed by atoms with Gasteiger partial charge < -0.3 is 0 Å². The lowest BCUT2D eigenvalue weighted by Crippen LogP contribution is -1.98. The van der Waals surface area contributed by atoms with Crippen LogP contribution >= 0.6 is 0 Å². The van der Waals surface area contributed by atoms with E-state index in [1.165, 1.54) is 70.6 Å². The Bertz CT molecular complexity index is 183. The predicted octanol–water partition coefficient (Wildman–Crippen LogP) is 6.90. The molecule has 0 aliphatic rings. The smallest absolute Gasteiger partial charge is 0.0203 e. The first-order valence-electron chi connectivity index (χ1n) is 8.24. The summed E-state index contributed by atoms with van der Waals surface area (Å²) in [5.74, 6) is 0. The fraction of sp³-hybridized carbons (Fsp3) is 0.889. The van der Waals surface area contributed by atoms with Crippen molar-refractivity contribution in [1.29, 1.82) is 0 Å². The third-order valence-corrected chi connectivity index (χ3v) is 3.34. The second kappa shape index (κ2) is 11.8. The van der Waals surface area contributed by atoms with Crippen LogP contribution in [0.3, 0.4) is 0 Å². The molecule has 0 aromatic rings. The molecule has 0 heteroatoms. The normalized spacial score (nSPS) is 12.4. The van der Waals surface area contributed by atoms with Crippen LogP contribution in [0.4, 0.5) is 0 Å². The molecule has 0 aromatic heterocycles. The fourth-order valence-electron chi connectivity index (χ4n) is 2.19. The van der Waals surface area contributed by atoms with Crippen molar-refractivity contribution >= 4 is 0 Å². The summed E-state index contributed by atoms with van der Waals surface area (Å²) in [6.07, 6.45) is 20.3. The van der Waals surface area contributed by atoms with Crippen LogP contribution in [-0.2, 0) is 0 Å². The average molecular weight is 252 g/mol. The van der Waals surface area contributed by atoms with Gasteiger partial charge in [0, 0.05) is 0 Å². The largest absolute Gasteiger partial charge is 0.0880 e. The first-order valence-corrected chi connectivity index (χ1v) is 8.24. The van der Waals surface area contributed by atoms with E-state index in [9.17, 15) is 0 Å². The van der Waals surface area contributed by atoms with Crippen molar-refractivity contribution in [2.24, 2.45) is 5.41 Å². The highest BCUT2D eigenvalue weighted by Gasteiger charge is 2.02. The molecule has 0 saturated heterocycles. The fourth-order valence-corrected chi connectivity index (χ4v) is 2.19. The minimum Gasteiger partial charge on any atom is -0.0880 e. The van der Waals surface area contributed by atoms with Gasteiger partial charge in [-0.1, -0.05) is 97.6 Å². The summed E-state index contributed by atoms with van der Waals surface area (Å²) in [5.41, 5.74) is 0.360. The molecule has 0 amide bonds. The van der Waals surface area contributed by atoms with Crippen LogP contribution < -0.4 is 0 Å². The highest BCUT2D eigenvalue weighted by molar-refractivity contribution is 4.91. The minimum atomic E-state index is 0.360. The van der Waals surface area contributed by atoms with Gasteiger partial charge in [-0.3, -0.25) is 0 Å². The lowest BCUT2D eigenvalue weighted by atomic mass is 9.95. The highest BCUT2D eigenvalue weighted by Crippen LogP contribution is 2.16. The number of hydrogen-bond donors (Lipinski definition) is 0. The summed E-state index contributed by atoms with van der Waals surface area (Å²) in [6, 6.07) is 0. The van der Waals surface area contributed by atoms with Gasteiger partial charge in [-0.05, 0) is 18.3 Å². The van der Waals surface area contributed by atoms with E-state index >= 15 is 0 Å². The standard InChI is InChI=1S/C18H36/c1-5-6-7-8-9-10-11-12-13-14-15-16-17-18(2,3)4/h16-17H,5-15H2,1-4H3. The van der Waals surface area contributed by atoms with Crippen molar-refractivity contribution in [2.45, 2.75) is 98.3 Å². The molecular weight excluding hydrogens is 216 g/mol. The van der Waals surface area contributed by atoms with E-state index in [2.05, 4.69) is 39.8 Å². The lowest BCUT2D eigenvalue weighted by Gasteiger charge is -2.10. The van der Waals surface area contributed by atoms with Crippen LogP contribution in [0.5, 0.6) is 0 Å². The predicted molar refractivity (Wildman–Crippen MR) is 85.1 cm³/mol. The number of allylic oxidation sites excluding steroid dienone is 2. The molecule has 0 bridgehead atoms. The maximum atomic E-state index is 2.37. The van der Waals surface area contributed by atoms with Crippen LogP contribution in [0.1, 0.15) is 98.3 Å². The van der Waals surface area contributed by atoms with Crippen molar-refractivity contribution in [3.63, 3.8) is 0 Å². The molecule has 0 rings (SSSR count). The van der Waals surface area contributed by atoms with E-state index in [4.69, 9.17) is 0 Å². The van der Waals surface area contributed by atoms with Crippen molar-refractivity contribution in [3.05, 3.63) is 12.2 Å². The quantitative estimate of drug-likeness (QED) is 0.277. The van der Waals surface area contributed by atoms with Gasteiger partial charge in [0.05, 0.1) is 0 Å². The van der Waals surface area contributed by atoms with Gasteiger partial charge in [0.1, 0.15) is 0 Å². The highest BCUT2D eigenvalue weighted by atomic mass is 14.1. The van der Waals surface area contributed by atoms with Crippen LogP contribution in [-0.4, -0.2) is 0 Å². The topological polar surface area (TPSA) is 0 Å². The van der Waals surface area contributed by atoms with E-state index < -0.39 is 0 Å². The molecule has 0 spiro atoms. The summed E-state index contributed by atoms with van der Waals surface area (Å²) >= 11 is 0. The SMILES string of the molecule is CCCCCCCCCCCCC=CC(C)(C)C. The number of hydrogen-bond acceptors (Lipinski definition) is 0. The Balaban J connectivity index is 3.10. The molecule has 0 fully saturated rings. The van der Waals surface area contributed by atoms with E-state index in [-0.39, 0.29) is 0 Å². The average Bonchev–Trinajstić information content (AvgIpc) is 2.29. The van der Waals surface area contributed by atoms with Gasteiger partial charge in [0.25, 0.3) is 0 Å². The molecule has 0 aromatic carbocycles. The van der Waals surface area contributed by atoms with Crippen LogP contribution in [0.2, 0.25) is 0 Å². The van der Waals surface area contributed by atoms with Crippen molar-refractivity contribution in [3.8, 4) is 0 Å². The molecule has 0 nitrogen and oxygen atoms in total. The van der Waals surface area contributed by atoms with E-state index in [1.807, 2.05) is 0 Å². The van der Waals surface area contributed by atoms with Crippen LogP contribution in [0, 0.1) is 5.41 Å². The first-order chi connectivity index (χ1) is 8.56. The summed E-state index contributed by atoms with van der Waals surface area (Å²) in [5, 5.41) is 0. The van der Waals surface area contributed by atoms with Gasteiger partial charge >= 0.3 is 0 Å². The maximum absolute atomic E-state index is 2.37. The third kappa shape index (κ3) is 15.7. The zero-order chi connectivity index (χ0) is 13.7. The molecule has 108 valence electrons. The Kier molecular flexibility index (Phi) is 11.6. The Morgan fingerprint density at radius 2 is 1.11 bits per heavy atom. The molecule has 18 heavy (non-hydrogen) atoms. The molecule has 0 unspecified atom stereocenters. The van der Waals surface area contributed by atoms with Gasteiger partial charge in [-0.2, -0.15) is 0 Å². The molecule has 0 saturated carbocycles. The summed E-state index contributed by atoms with van der Waals surface area (Å²) in [7, 11) is 0. The van der Waals surface area contributed by atoms with Crippen LogP contribution in [0.15, 0.2) is 12.2 Å². The van der Waals surface area contributed by atoms with E-state index in [0.717, 1.165) is 0 Å². The Morgan fingerprint density at radius 3 is 1.56 bits per heavy atom. The van der Waals surface area contributed by atoms with Crippen molar-refractivity contribution in [2.75, 3.05) is 0 Å². The third-order valence-electron chi connectivity index (χ3n) is 3.34. The lowest BCUT2D eigenvalue weighted by molar-refractivity contribution is 0.538. The second-order valence-electron chi connectivity index (χ2n) is 6.74. The Morgan fingerprint density at radius 1 is 0.667 bits per heavy atom. The molecule has 0 N–H and O–H groups in total. The molecule has 0 aliphatic heterocycles. The summed E-state index contributed by atoms with van der Waals surface area (Å²) in [6.45, 7) is 9.08. The zero-order valence-corrected chi connectivity index (χ0v) is 13.4. The van der Waals surface area contributed by atoms with Crippen LogP contribution in [0.25, 0.3) is 0 Å². The Hall–Kier alpha value is -0.260. The molecular formula is C18H36. The van der Waals surface area contributed by atoms with Gasteiger partial charge in [0.15, 0.2) is 0 Å². The van der Waals surface area contributed by atoms with E-state index in [1.54, 1.807) is 0 Å². The maximum Gasteiger partial charge on any atom is -0.0203 e. The van der Waals surface area contributed by atoms with Gasteiger partial charge in [-0.25, -0.2) is 0 Å². The van der Waals surface area contributed by atoms with E-state index in [0.29, 0.717) is 5.41 Å². The first kappa shape index (κ1) is 17.7. The molecule has 0 heterocycles. The zero-order valence-electron chi connectivity index (χ0n) is 13.4. The van der Waals surface area contributed by atoms with Gasteiger partial charge in [-0.15, -0.1) is 0 Å².